The number of hydrogen-bond donors (Lipinski definition) is 1. The number of nitrogens with two attached hydrogens (primary N) is 1. The van der Waals surface area contributed by atoms with Crippen molar-refractivity contribution in [3.05, 3.63) is 69.7 Å². The normalized spacial score (nSPS) is 22.4. The molecule has 0 radical (unpaired) electrons. The van der Waals surface area contributed by atoms with Crippen molar-refractivity contribution in [2.24, 2.45) is 10.7 Å². The summed E-state index contributed by atoms with van der Waals surface area (Å²) in [6.07, 6.45) is 4.31. The lowest BCUT2D eigenvalue weighted by Gasteiger charge is -2.41. The Morgan fingerprint density at radius 1 is 1.26 bits per heavy atom. The van der Waals surface area contributed by atoms with E-state index < -0.39 is 5.54 Å². The van der Waals surface area contributed by atoms with Crippen molar-refractivity contribution in [3.63, 3.8) is 0 Å². The van der Waals surface area contributed by atoms with Crippen LogP contribution in [-0.4, -0.2) is 36.0 Å². The van der Waals surface area contributed by atoms with Crippen LogP contribution < -0.4 is 10.5 Å². The van der Waals surface area contributed by atoms with Crippen LogP contribution in [0.15, 0.2) is 53.1 Å². The van der Waals surface area contributed by atoms with Crippen molar-refractivity contribution in [1.29, 1.82) is 5.26 Å². The van der Waals surface area contributed by atoms with Gasteiger partial charge in [-0.15, -0.1) is 11.3 Å². The van der Waals surface area contributed by atoms with Crippen molar-refractivity contribution >= 4 is 17.3 Å². The molecule has 5 rings (SSSR count). The van der Waals surface area contributed by atoms with Gasteiger partial charge in [-0.3, -0.25) is 4.98 Å². The maximum atomic E-state index is 9.21. The van der Waals surface area contributed by atoms with Crippen LogP contribution in [0.5, 0.6) is 5.75 Å². The Balaban J connectivity index is 1.58. The predicted octanol–water partition coefficient (Wildman–Crippen LogP) is 3.88. The molecule has 4 heterocycles. The van der Waals surface area contributed by atoms with Gasteiger partial charge in [-0.25, -0.2) is 4.99 Å². The second-order valence-corrected chi connectivity index (χ2v) is 9.20. The summed E-state index contributed by atoms with van der Waals surface area (Å²) >= 11 is 1.67. The zero-order chi connectivity index (χ0) is 21.6. The largest absolute Gasteiger partial charge is 0.493 e. The Kier molecular flexibility index (Phi) is 4.67. The lowest BCUT2D eigenvalue weighted by atomic mass is 9.77. The predicted molar refractivity (Wildman–Crippen MR) is 122 cm³/mol. The minimum absolute atomic E-state index is 0.144. The van der Waals surface area contributed by atoms with E-state index in [1.807, 2.05) is 18.0 Å². The third kappa shape index (κ3) is 3.33. The number of rotatable bonds is 3. The van der Waals surface area contributed by atoms with Crippen molar-refractivity contribution in [3.8, 4) is 22.9 Å². The van der Waals surface area contributed by atoms with Gasteiger partial charge in [0.1, 0.15) is 17.4 Å². The van der Waals surface area contributed by atoms with Gasteiger partial charge < -0.3 is 15.4 Å². The third-order valence-corrected chi connectivity index (χ3v) is 7.44. The molecule has 1 aromatic carbocycles. The Morgan fingerprint density at radius 3 is 2.97 bits per heavy atom. The lowest BCUT2D eigenvalue weighted by Crippen LogP contribution is -2.48. The summed E-state index contributed by atoms with van der Waals surface area (Å²) < 4.78 is 5.70. The van der Waals surface area contributed by atoms with E-state index in [1.165, 1.54) is 11.1 Å². The molecule has 156 valence electrons. The van der Waals surface area contributed by atoms with E-state index in [4.69, 9.17) is 15.5 Å². The van der Waals surface area contributed by atoms with E-state index >= 15 is 0 Å². The van der Waals surface area contributed by atoms with E-state index in [-0.39, 0.29) is 5.92 Å². The molecule has 0 amide bonds. The molecular weight excluding hydrogens is 406 g/mol. The fourth-order valence-electron chi connectivity index (χ4n) is 4.44. The van der Waals surface area contributed by atoms with Gasteiger partial charge in [-0.05, 0) is 47.2 Å². The van der Waals surface area contributed by atoms with Gasteiger partial charge in [0.25, 0.3) is 0 Å². The van der Waals surface area contributed by atoms with Gasteiger partial charge >= 0.3 is 0 Å². The van der Waals surface area contributed by atoms with Crippen LogP contribution in [0.3, 0.4) is 0 Å². The minimum atomic E-state index is -0.493. The molecule has 6 nitrogen and oxygen atoms in total. The van der Waals surface area contributed by atoms with E-state index in [0.717, 1.165) is 41.3 Å². The highest BCUT2D eigenvalue weighted by Gasteiger charge is 2.42. The van der Waals surface area contributed by atoms with Gasteiger partial charge in [-0.1, -0.05) is 12.1 Å². The standard InChI is InChI=1S/C24H23N5OS/c1-24(22-9-19(14-31-22)18-7-15(10-25)11-27-12-18)20(13-29(2)23(26)28-24)16-3-4-21-17(8-16)5-6-30-21/h3-4,7-9,11-12,14,20H,5-6,13H2,1-2H3,(H2,26,28)/t20?,24-/m0/s1. The van der Waals surface area contributed by atoms with Crippen LogP contribution >= 0.6 is 11.3 Å². The first-order valence-corrected chi connectivity index (χ1v) is 11.1. The Hall–Kier alpha value is -3.37. The highest BCUT2D eigenvalue weighted by molar-refractivity contribution is 7.10. The molecule has 31 heavy (non-hydrogen) atoms. The number of nitrogens with zero attached hydrogens (tertiary/aromatic N) is 4. The molecule has 3 aromatic rings. The number of guanidine groups is 1. The quantitative estimate of drug-likeness (QED) is 0.683. The fraction of sp³-hybridized carbons (Fsp3) is 0.292. The van der Waals surface area contributed by atoms with Gasteiger partial charge in [0, 0.05) is 48.8 Å². The third-order valence-electron chi connectivity index (χ3n) is 6.29. The maximum absolute atomic E-state index is 9.21. The number of aromatic nitrogens is 1. The summed E-state index contributed by atoms with van der Waals surface area (Å²) in [5.41, 5.74) is 10.8. The number of thiophene rings is 1. The molecule has 0 spiro atoms. The first-order valence-electron chi connectivity index (χ1n) is 10.2. The molecule has 0 fully saturated rings. The van der Waals surface area contributed by atoms with Crippen LogP contribution in [0.25, 0.3) is 11.1 Å². The number of likely N-dealkylation sites (N-methyl/N-ethyl adjacent to an activating group) is 1. The van der Waals surface area contributed by atoms with Crippen molar-refractivity contribution in [2.45, 2.75) is 24.8 Å². The van der Waals surface area contributed by atoms with E-state index in [1.54, 1.807) is 23.7 Å². The number of pyridine rings is 1. The molecule has 2 aliphatic heterocycles. The zero-order valence-corrected chi connectivity index (χ0v) is 18.3. The van der Waals surface area contributed by atoms with Crippen molar-refractivity contribution < 1.29 is 4.74 Å². The fourth-order valence-corrected chi connectivity index (χ4v) is 5.52. The number of benzene rings is 1. The maximum Gasteiger partial charge on any atom is 0.191 e. The summed E-state index contributed by atoms with van der Waals surface area (Å²) in [5.74, 6) is 1.68. The van der Waals surface area contributed by atoms with Crippen LogP contribution in [-0.2, 0) is 12.0 Å². The minimum Gasteiger partial charge on any atom is -0.493 e. The Bertz CT molecular complexity index is 1230. The van der Waals surface area contributed by atoms with E-state index in [0.29, 0.717) is 11.5 Å². The number of aliphatic imine (C=N–C) groups is 1. The molecular formula is C24H23N5OS. The Morgan fingerprint density at radius 2 is 2.13 bits per heavy atom. The second-order valence-electron chi connectivity index (χ2n) is 8.29. The van der Waals surface area contributed by atoms with Crippen LogP contribution in [0.4, 0.5) is 0 Å². The molecule has 2 N–H and O–H groups in total. The van der Waals surface area contributed by atoms with Crippen LogP contribution in [0, 0.1) is 11.3 Å². The Labute approximate surface area is 185 Å². The molecule has 1 unspecified atom stereocenters. The van der Waals surface area contributed by atoms with Gasteiger partial charge in [0.2, 0.25) is 0 Å². The number of hydrogen-bond acceptors (Lipinski definition) is 7. The summed E-state index contributed by atoms with van der Waals surface area (Å²) in [6.45, 7) is 3.70. The first-order chi connectivity index (χ1) is 15.0. The topological polar surface area (TPSA) is 87.5 Å². The number of ether oxygens (including phenoxy) is 1. The van der Waals surface area contributed by atoms with Crippen molar-refractivity contribution in [1.82, 2.24) is 9.88 Å². The van der Waals surface area contributed by atoms with Gasteiger partial charge in [0.05, 0.1) is 12.2 Å². The van der Waals surface area contributed by atoms with Crippen LogP contribution in [0.2, 0.25) is 0 Å². The van der Waals surface area contributed by atoms with Gasteiger partial charge in [0.15, 0.2) is 5.96 Å². The summed E-state index contributed by atoms with van der Waals surface area (Å²) in [5, 5.41) is 11.3. The molecule has 0 bridgehead atoms. The smallest absolute Gasteiger partial charge is 0.191 e. The molecule has 0 aliphatic carbocycles. The van der Waals surface area contributed by atoms with Crippen LogP contribution in [0.1, 0.15) is 34.4 Å². The molecule has 0 saturated carbocycles. The summed E-state index contributed by atoms with van der Waals surface area (Å²) in [7, 11) is 1.99. The average molecular weight is 430 g/mol. The lowest BCUT2D eigenvalue weighted by molar-refractivity contribution is 0.293. The summed E-state index contributed by atoms with van der Waals surface area (Å²) in [4.78, 5) is 12.4. The second kappa shape index (κ2) is 7.40. The zero-order valence-electron chi connectivity index (χ0n) is 17.5. The first kappa shape index (κ1) is 19.6. The highest BCUT2D eigenvalue weighted by atomic mass is 32.1. The number of nitriles is 1. The number of fused-ring (bicyclic) bond motifs is 1. The monoisotopic (exact) mass is 429 g/mol. The summed E-state index contributed by atoms with van der Waals surface area (Å²) in [6, 6.07) is 12.7. The van der Waals surface area contributed by atoms with Gasteiger partial charge in [-0.2, -0.15) is 5.26 Å². The molecule has 2 aromatic heterocycles. The molecule has 2 aliphatic rings. The molecule has 7 heteroatoms. The molecule has 0 saturated heterocycles. The highest BCUT2D eigenvalue weighted by Crippen LogP contribution is 2.47. The molecule has 2 atom stereocenters. The average Bonchev–Trinajstić information content (AvgIpc) is 3.46. The van der Waals surface area contributed by atoms with Crippen molar-refractivity contribution in [2.75, 3.05) is 20.2 Å². The van der Waals surface area contributed by atoms with E-state index in [9.17, 15) is 5.26 Å². The SMILES string of the molecule is CN1CC(c2ccc3c(c2)CCO3)[C@@](C)(c2cc(-c3cncc(C#N)c3)cs2)N=C1N. The van der Waals surface area contributed by atoms with E-state index in [2.05, 4.69) is 47.6 Å².